The van der Waals surface area contributed by atoms with Gasteiger partial charge in [0.1, 0.15) is 0 Å². The minimum Gasteiger partial charge on any atom is -0.472 e. The second-order valence-corrected chi connectivity index (χ2v) is 13.5. The predicted octanol–water partition coefficient (Wildman–Crippen LogP) is 6.01. The second kappa shape index (κ2) is 10.0. The summed E-state index contributed by atoms with van der Waals surface area (Å²) in [5.41, 5.74) is 0.682. The monoisotopic (exact) mass is 499 g/mol. The van der Waals surface area contributed by atoms with E-state index in [4.69, 9.17) is 13.9 Å². The molecule has 1 aliphatic heterocycles. The van der Waals surface area contributed by atoms with Crippen LogP contribution in [0.1, 0.15) is 90.0 Å². The van der Waals surface area contributed by atoms with Gasteiger partial charge in [0.05, 0.1) is 44.1 Å². The molecule has 5 fully saturated rings. The molecule has 4 aliphatic carbocycles. The lowest BCUT2D eigenvalue weighted by Gasteiger charge is -2.61. The Hall–Kier alpha value is -0.880. The second-order valence-electron chi connectivity index (χ2n) is 13.5. The molecule has 1 saturated heterocycles. The summed E-state index contributed by atoms with van der Waals surface area (Å²) in [6.45, 7) is 10.9. The van der Waals surface area contributed by atoms with Gasteiger partial charge in [-0.15, -0.1) is 0 Å². The van der Waals surface area contributed by atoms with Crippen LogP contribution < -0.4 is 0 Å². The zero-order valence-corrected chi connectivity index (χ0v) is 22.8. The fourth-order valence-electron chi connectivity index (χ4n) is 9.94. The minimum absolute atomic E-state index is 0.0314. The van der Waals surface area contributed by atoms with E-state index in [0.29, 0.717) is 17.4 Å². The van der Waals surface area contributed by atoms with Crippen molar-refractivity contribution < 1.29 is 19.0 Å². The Bertz CT molecular complexity index is 868. The van der Waals surface area contributed by atoms with Crippen molar-refractivity contribution in [2.75, 3.05) is 39.5 Å². The van der Waals surface area contributed by atoms with Gasteiger partial charge in [-0.1, -0.05) is 13.8 Å². The van der Waals surface area contributed by atoms with Crippen LogP contribution in [-0.2, 0) is 15.1 Å². The number of furan rings is 1. The van der Waals surface area contributed by atoms with E-state index in [-0.39, 0.29) is 5.41 Å². The molecule has 8 atom stereocenters. The summed E-state index contributed by atoms with van der Waals surface area (Å²) in [4.78, 5) is 2.51. The van der Waals surface area contributed by atoms with Crippen LogP contribution in [0.5, 0.6) is 0 Å². The molecule has 0 aromatic carbocycles. The van der Waals surface area contributed by atoms with Crippen molar-refractivity contribution in [3.8, 4) is 0 Å². The highest BCUT2D eigenvalue weighted by Gasteiger charge is 2.65. The van der Waals surface area contributed by atoms with Crippen LogP contribution in [0.4, 0.5) is 0 Å². The minimum atomic E-state index is -0.727. The molecule has 1 aromatic heterocycles. The number of aliphatic hydroxyl groups is 1. The molecule has 0 radical (unpaired) electrons. The lowest BCUT2D eigenvalue weighted by Crippen LogP contribution is -2.56. The molecule has 0 amide bonds. The largest absolute Gasteiger partial charge is 0.472 e. The SMILES string of the molecule is C[C@]12CC[C@H](OCCOCCN3CCCC3)C[C@H]1CC[C@@H]1[C@@H]2CC[C@@]2(C)[C@H]1CC[C@@]2(O)c1ccoc1. The van der Waals surface area contributed by atoms with Crippen LogP contribution in [0.25, 0.3) is 0 Å². The summed E-state index contributed by atoms with van der Waals surface area (Å²) in [6, 6.07) is 2.00. The average Bonchev–Trinajstić information content (AvgIpc) is 3.64. The predicted molar refractivity (Wildman–Crippen MR) is 141 cm³/mol. The van der Waals surface area contributed by atoms with Gasteiger partial charge in [0.15, 0.2) is 0 Å². The van der Waals surface area contributed by atoms with Crippen molar-refractivity contribution in [2.45, 2.75) is 96.2 Å². The van der Waals surface area contributed by atoms with Crippen molar-refractivity contribution >= 4 is 0 Å². The highest BCUT2D eigenvalue weighted by Crippen LogP contribution is 2.70. The number of ether oxygens (including phenoxy) is 2. The molecule has 4 saturated carbocycles. The van der Waals surface area contributed by atoms with Gasteiger partial charge in [-0.05, 0) is 119 Å². The Morgan fingerprint density at radius 2 is 1.81 bits per heavy atom. The Morgan fingerprint density at radius 1 is 0.972 bits per heavy atom. The molecule has 5 nitrogen and oxygen atoms in total. The molecular formula is C31H49NO4. The molecule has 202 valence electrons. The first-order chi connectivity index (χ1) is 17.4. The van der Waals surface area contributed by atoms with Crippen LogP contribution in [0.2, 0.25) is 0 Å². The first-order valence-electron chi connectivity index (χ1n) is 15.1. The molecule has 6 rings (SSSR count). The molecule has 0 spiro atoms. The van der Waals surface area contributed by atoms with E-state index in [1.807, 2.05) is 6.07 Å². The third-order valence-corrected chi connectivity index (χ3v) is 12.1. The topological polar surface area (TPSA) is 55.1 Å². The third kappa shape index (κ3) is 4.21. The van der Waals surface area contributed by atoms with Crippen molar-refractivity contribution in [3.63, 3.8) is 0 Å². The van der Waals surface area contributed by atoms with Gasteiger partial charge >= 0.3 is 0 Å². The number of fused-ring (bicyclic) bond motifs is 5. The molecule has 2 heterocycles. The fraction of sp³-hybridized carbons (Fsp3) is 0.871. The Balaban J connectivity index is 1.02. The van der Waals surface area contributed by atoms with Crippen molar-refractivity contribution in [1.29, 1.82) is 0 Å². The maximum atomic E-state index is 11.9. The maximum absolute atomic E-state index is 11.9. The highest BCUT2D eigenvalue weighted by atomic mass is 16.5. The first-order valence-corrected chi connectivity index (χ1v) is 15.1. The summed E-state index contributed by atoms with van der Waals surface area (Å²) >= 11 is 0. The maximum Gasteiger partial charge on any atom is 0.0983 e. The third-order valence-electron chi connectivity index (χ3n) is 12.1. The van der Waals surface area contributed by atoms with Gasteiger partial charge in [-0.3, -0.25) is 0 Å². The molecule has 36 heavy (non-hydrogen) atoms. The van der Waals surface area contributed by atoms with E-state index in [2.05, 4.69) is 18.7 Å². The summed E-state index contributed by atoms with van der Waals surface area (Å²) in [5.74, 6) is 2.97. The summed E-state index contributed by atoms with van der Waals surface area (Å²) in [5, 5.41) is 11.9. The summed E-state index contributed by atoms with van der Waals surface area (Å²) in [6.07, 6.45) is 17.5. The van der Waals surface area contributed by atoms with E-state index in [9.17, 15) is 5.11 Å². The quantitative estimate of drug-likeness (QED) is 0.444. The molecule has 5 heteroatoms. The molecule has 1 N–H and O–H groups in total. The van der Waals surface area contributed by atoms with E-state index in [0.717, 1.165) is 68.9 Å². The van der Waals surface area contributed by atoms with Crippen LogP contribution in [-0.4, -0.2) is 55.6 Å². The van der Waals surface area contributed by atoms with Crippen LogP contribution in [0, 0.1) is 34.5 Å². The zero-order valence-electron chi connectivity index (χ0n) is 22.8. The van der Waals surface area contributed by atoms with Gasteiger partial charge in [-0.25, -0.2) is 0 Å². The van der Waals surface area contributed by atoms with E-state index in [1.165, 1.54) is 64.5 Å². The van der Waals surface area contributed by atoms with Crippen molar-refractivity contribution in [2.24, 2.45) is 34.5 Å². The standard InChI is InChI=1S/C31H49NO4/c1-29-11-7-25(36-20-19-34-18-16-32-14-3-4-15-32)21-23(29)5-6-26-27(29)8-12-30(2)28(26)9-13-31(30,33)24-10-17-35-22-24/h10,17,22-23,25-28,33H,3-9,11-16,18-21H2,1-2H3/t23-,25+,26-,27+,28+,29+,30+,31-/m1/s1. The molecular weight excluding hydrogens is 450 g/mol. The van der Waals surface area contributed by atoms with Crippen molar-refractivity contribution in [1.82, 2.24) is 4.90 Å². The van der Waals surface area contributed by atoms with E-state index in [1.54, 1.807) is 12.5 Å². The number of likely N-dealkylation sites (tertiary alicyclic amines) is 1. The normalized spacial score (nSPS) is 44.8. The van der Waals surface area contributed by atoms with E-state index < -0.39 is 5.60 Å². The number of nitrogens with zero attached hydrogens (tertiary/aromatic N) is 1. The molecule has 0 unspecified atom stereocenters. The van der Waals surface area contributed by atoms with Crippen LogP contribution in [0.15, 0.2) is 23.0 Å². The van der Waals surface area contributed by atoms with Crippen molar-refractivity contribution in [3.05, 3.63) is 24.2 Å². The zero-order chi connectivity index (χ0) is 24.8. The number of hydrogen-bond donors (Lipinski definition) is 1. The number of rotatable bonds is 8. The summed E-state index contributed by atoms with van der Waals surface area (Å²) < 4.78 is 17.6. The Kier molecular flexibility index (Phi) is 7.07. The van der Waals surface area contributed by atoms with Crippen LogP contribution >= 0.6 is 0 Å². The summed E-state index contributed by atoms with van der Waals surface area (Å²) in [7, 11) is 0. The van der Waals surface area contributed by atoms with Crippen LogP contribution in [0.3, 0.4) is 0 Å². The average molecular weight is 500 g/mol. The molecule has 1 aromatic rings. The highest BCUT2D eigenvalue weighted by molar-refractivity contribution is 5.26. The van der Waals surface area contributed by atoms with E-state index >= 15 is 0 Å². The van der Waals surface area contributed by atoms with Gasteiger partial charge in [0.2, 0.25) is 0 Å². The fourth-order valence-corrected chi connectivity index (χ4v) is 9.94. The van der Waals surface area contributed by atoms with Gasteiger partial charge in [0.25, 0.3) is 0 Å². The van der Waals surface area contributed by atoms with Gasteiger partial charge in [0, 0.05) is 17.5 Å². The number of hydrogen-bond acceptors (Lipinski definition) is 5. The molecule has 0 bridgehead atoms. The Labute approximate surface area is 218 Å². The smallest absolute Gasteiger partial charge is 0.0983 e. The lowest BCUT2D eigenvalue weighted by atomic mass is 9.44. The Morgan fingerprint density at radius 3 is 2.61 bits per heavy atom. The van der Waals surface area contributed by atoms with Gasteiger partial charge < -0.3 is 23.9 Å². The van der Waals surface area contributed by atoms with Gasteiger partial charge in [-0.2, -0.15) is 0 Å². The first kappa shape index (κ1) is 25.4. The molecule has 5 aliphatic rings. The lowest BCUT2D eigenvalue weighted by molar-refractivity contribution is -0.165.